The van der Waals surface area contributed by atoms with Crippen LogP contribution in [0.5, 0.6) is 0 Å². The van der Waals surface area contributed by atoms with Gasteiger partial charge in [0.25, 0.3) is 0 Å². The van der Waals surface area contributed by atoms with Gasteiger partial charge in [0.2, 0.25) is 5.91 Å². The number of amides is 1. The molecule has 0 aliphatic carbocycles. The quantitative estimate of drug-likeness (QED) is 0.762. The standard InChI is InChI=1S/C19H18ClN3O3/c20-13-3-8-16-17(11-13)26-19(25)23(16)12-18(24)21-14-4-6-15(7-5-14)22-9-1-2-10-22/h3-8,11H,1-2,9-10,12H2,(H,21,24). The Balaban J connectivity index is 1.47. The predicted octanol–water partition coefficient (Wildman–Crippen LogP) is 3.49. The second kappa shape index (κ2) is 6.88. The molecule has 1 fully saturated rings. The molecule has 7 heteroatoms. The molecule has 0 atom stereocenters. The van der Waals surface area contributed by atoms with Gasteiger partial charge in [0, 0.05) is 35.6 Å². The topological polar surface area (TPSA) is 67.5 Å². The fraction of sp³-hybridized carbons (Fsp3) is 0.263. The molecule has 0 spiro atoms. The lowest BCUT2D eigenvalue weighted by atomic mass is 10.2. The molecule has 6 nitrogen and oxygen atoms in total. The number of benzene rings is 2. The molecule has 4 rings (SSSR count). The van der Waals surface area contributed by atoms with Crippen molar-refractivity contribution in [2.24, 2.45) is 0 Å². The van der Waals surface area contributed by atoms with Crippen molar-refractivity contribution in [3.05, 3.63) is 58.0 Å². The molecule has 3 aromatic rings. The van der Waals surface area contributed by atoms with E-state index in [9.17, 15) is 9.59 Å². The molecule has 26 heavy (non-hydrogen) atoms. The monoisotopic (exact) mass is 371 g/mol. The van der Waals surface area contributed by atoms with Crippen molar-refractivity contribution in [1.29, 1.82) is 0 Å². The van der Waals surface area contributed by atoms with Crippen LogP contribution in [-0.4, -0.2) is 23.6 Å². The van der Waals surface area contributed by atoms with E-state index >= 15 is 0 Å². The van der Waals surface area contributed by atoms with E-state index in [1.54, 1.807) is 18.2 Å². The molecule has 0 saturated carbocycles. The van der Waals surface area contributed by atoms with Gasteiger partial charge in [0.05, 0.1) is 5.52 Å². The number of anilines is 2. The van der Waals surface area contributed by atoms with Crippen molar-refractivity contribution in [2.75, 3.05) is 23.3 Å². The van der Waals surface area contributed by atoms with E-state index in [2.05, 4.69) is 10.2 Å². The van der Waals surface area contributed by atoms with Crippen LogP contribution in [0.15, 0.2) is 51.7 Å². The van der Waals surface area contributed by atoms with Crippen LogP contribution < -0.4 is 16.0 Å². The first-order valence-electron chi connectivity index (χ1n) is 8.54. The van der Waals surface area contributed by atoms with Crippen molar-refractivity contribution >= 4 is 40.0 Å². The molecule has 1 aliphatic rings. The fourth-order valence-corrected chi connectivity index (χ4v) is 3.43. The molecule has 0 bridgehead atoms. The summed E-state index contributed by atoms with van der Waals surface area (Å²) in [7, 11) is 0. The van der Waals surface area contributed by atoms with Gasteiger partial charge in [-0.3, -0.25) is 9.36 Å². The number of carbonyl (C=O) groups excluding carboxylic acids is 1. The number of nitrogens with zero attached hydrogens (tertiary/aromatic N) is 2. The van der Waals surface area contributed by atoms with E-state index in [1.807, 2.05) is 24.3 Å². The SMILES string of the molecule is O=C(Cn1c(=O)oc2cc(Cl)ccc21)Nc1ccc(N2CCCC2)cc1. The van der Waals surface area contributed by atoms with Crippen molar-refractivity contribution in [3.8, 4) is 0 Å². The van der Waals surface area contributed by atoms with Crippen LogP contribution in [0.25, 0.3) is 11.1 Å². The van der Waals surface area contributed by atoms with E-state index in [-0.39, 0.29) is 12.5 Å². The van der Waals surface area contributed by atoms with Crippen molar-refractivity contribution < 1.29 is 9.21 Å². The van der Waals surface area contributed by atoms with Crippen LogP contribution in [0.3, 0.4) is 0 Å². The Kier molecular flexibility index (Phi) is 4.42. The fourth-order valence-electron chi connectivity index (χ4n) is 3.26. The van der Waals surface area contributed by atoms with Crippen LogP contribution in [0.2, 0.25) is 5.02 Å². The highest BCUT2D eigenvalue weighted by atomic mass is 35.5. The summed E-state index contributed by atoms with van der Waals surface area (Å²) in [6.07, 6.45) is 2.44. The van der Waals surface area contributed by atoms with E-state index < -0.39 is 5.76 Å². The average Bonchev–Trinajstić information content (AvgIpc) is 3.24. The lowest BCUT2D eigenvalue weighted by molar-refractivity contribution is -0.116. The maximum atomic E-state index is 12.3. The number of carbonyl (C=O) groups is 1. The second-order valence-electron chi connectivity index (χ2n) is 6.36. The van der Waals surface area contributed by atoms with E-state index in [4.69, 9.17) is 16.0 Å². The summed E-state index contributed by atoms with van der Waals surface area (Å²) in [5.74, 6) is -0.875. The Hall–Kier alpha value is -2.73. The smallest absolute Gasteiger partial charge is 0.408 e. The zero-order valence-electron chi connectivity index (χ0n) is 14.1. The molecule has 1 N–H and O–H groups in total. The molecular weight excluding hydrogens is 354 g/mol. The predicted molar refractivity (Wildman–Crippen MR) is 102 cm³/mol. The third-order valence-corrected chi connectivity index (χ3v) is 4.79. The number of fused-ring (bicyclic) bond motifs is 1. The van der Waals surface area contributed by atoms with Crippen LogP contribution in [0.1, 0.15) is 12.8 Å². The van der Waals surface area contributed by atoms with Crippen molar-refractivity contribution in [1.82, 2.24) is 4.57 Å². The molecule has 1 saturated heterocycles. The first-order valence-corrected chi connectivity index (χ1v) is 8.92. The van der Waals surface area contributed by atoms with Crippen LogP contribution in [-0.2, 0) is 11.3 Å². The third-order valence-electron chi connectivity index (χ3n) is 4.55. The summed E-state index contributed by atoms with van der Waals surface area (Å²) in [4.78, 5) is 26.7. The number of aromatic nitrogens is 1. The lowest BCUT2D eigenvalue weighted by Crippen LogP contribution is -2.24. The summed E-state index contributed by atoms with van der Waals surface area (Å²) in [6.45, 7) is 2.03. The molecular formula is C19H18ClN3O3. The summed E-state index contributed by atoms with van der Waals surface area (Å²) in [5, 5.41) is 3.29. The Morgan fingerprint density at radius 2 is 1.85 bits per heavy atom. The number of hydrogen-bond acceptors (Lipinski definition) is 4. The van der Waals surface area contributed by atoms with E-state index in [1.165, 1.54) is 17.4 Å². The van der Waals surface area contributed by atoms with Crippen LogP contribution >= 0.6 is 11.6 Å². The lowest BCUT2D eigenvalue weighted by Gasteiger charge is -2.17. The maximum Gasteiger partial charge on any atom is 0.420 e. The van der Waals surface area contributed by atoms with Crippen LogP contribution in [0.4, 0.5) is 11.4 Å². The minimum atomic E-state index is -0.582. The second-order valence-corrected chi connectivity index (χ2v) is 6.79. The maximum absolute atomic E-state index is 12.3. The normalized spacial score (nSPS) is 14.1. The van der Waals surface area contributed by atoms with Crippen LogP contribution in [0, 0.1) is 0 Å². The Labute approximate surface area is 155 Å². The zero-order chi connectivity index (χ0) is 18.1. The summed E-state index contributed by atoms with van der Waals surface area (Å²) in [6, 6.07) is 12.6. The Morgan fingerprint density at radius 1 is 1.12 bits per heavy atom. The molecule has 0 unspecified atom stereocenters. The van der Waals surface area contributed by atoms with Gasteiger partial charge in [0.15, 0.2) is 5.58 Å². The number of oxazole rings is 1. The molecule has 0 radical (unpaired) electrons. The van der Waals surface area contributed by atoms with E-state index in [0.29, 0.717) is 21.8 Å². The minimum Gasteiger partial charge on any atom is -0.408 e. The number of hydrogen-bond donors (Lipinski definition) is 1. The largest absolute Gasteiger partial charge is 0.420 e. The summed E-state index contributed by atoms with van der Waals surface area (Å²) >= 11 is 5.90. The third kappa shape index (κ3) is 3.32. The highest BCUT2D eigenvalue weighted by Crippen LogP contribution is 2.22. The minimum absolute atomic E-state index is 0.124. The Bertz CT molecular complexity index is 1000. The Morgan fingerprint density at radius 3 is 2.58 bits per heavy atom. The summed E-state index contributed by atoms with van der Waals surface area (Å²) in [5.41, 5.74) is 2.76. The summed E-state index contributed by atoms with van der Waals surface area (Å²) < 4.78 is 6.43. The van der Waals surface area contributed by atoms with Gasteiger partial charge in [-0.25, -0.2) is 4.79 Å². The van der Waals surface area contributed by atoms with Gasteiger partial charge in [0.1, 0.15) is 6.54 Å². The van der Waals surface area contributed by atoms with Gasteiger partial charge >= 0.3 is 5.76 Å². The highest BCUT2D eigenvalue weighted by Gasteiger charge is 2.14. The number of rotatable bonds is 4. The molecule has 1 aliphatic heterocycles. The highest BCUT2D eigenvalue weighted by molar-refractivity contribution is 6.31. The molecule has 1 amide bonds. The van der Waals surface area contributed by atoms with Gasteiger partial charge in [-0.1, -0.05) is 11.6 Å². The molecule has 134 valence electrons. The molecule has 2 aromatic carbocycles. The van der Waals surface area contributed by atoms with Gasteiger partial charge < -0.3 is 14.6 Å². The van der Waals surface area contributed by atoms with Gasteiger partial charge in [-0.05, 0) is 49.2 Å². The van der Waals surface area contributed by atoms with Gasteiger partial charge in [-0.15, -0.1) is 0 Å². The zero-order valence-corrected chi connectivity index (χ0v) is 14.8. The van der Waals surface area contributed by atoms with Crippen molar-refractivity contribution in [3.63, 3.8) is 0 Å². The first kappa shape index (κ1) is 16.7. The molecule has 2 heterocycles. The first-order chi connectivity index (χ1) is 12.6. The molecule has 1 aromatic heterocycles. The van der Waals surface area contributed by atoms with E-state index in [0.717, 1.165) is 18.8 Å². The van der Waals surface area contributed by atoms with Crippen molar-refractivity contribution in [2.45, 2.75) is 19.4 Å². The van der Waals surface area contributed by atoms with Gasteiger partial charge in [-0.2, -0.15) is 0 Å². The number of halogens is 1. The average molecular weight is 372 g/mol. The number of nitrogens with one attached hydrogen (secondary N) is 1.